The van der Waals surface area contributed by atoms with Gasteiger partial charge in [0.25, 0.3) is 0 Å². The Morgan fingerprint density at radius 2 is 1.47 bits per heavy atom. The Kier molecular flexibility index (Phi) is 10.4. The van der Waals surface area contributed by atoms with Gasteiger partial charge in [-0.15, -0.1) is 0 Å². The fourth-order valence-corrected chi connectivity index (χ4v) is 0.873. The lowest BCUT2D eigenvalue weighted by atomic mass is 10.4. The second-order valence-electron chi connectivity index (χ2n) is 2.58. The van der Waals surface area contributed by atoms with Gasteiger partial charge in [-0.3, -0.25) is 14.3 Å². The molecule has 0 saturated heterocycles. The smallest absolute Gasteiger partial charge is 0.0405 e. The molecule has 0 spiro atoms. The maximum atomic E-state index is 8.78. The van der Waals surface area contributed by atoms with Crippen LogP contribution in [0.1, 0.15) is 0 Å². The quantitative estimate of drug-likeness (QED) is 0.746. The summed E-state index contributed by atoms with van der Waals surface area (Å²) in [5.74, 6) is 0. The van der Waals surface area contributed by atoms with Crippen molar-refractivity contribution in [1.29, 1.82) is 0 Å². The summed E-state index contributed by atoms with van der Waals surface area (Å²) in [5.41, 5.74) is 0. The van der Waals surface area contributed by atoms with Crippen LogP contribution in [0.2, 0.25) is 5.02 Å². The van der Waals surface area contributed by atoms with Crippen LogP contribution in [0, 0.1) is 0 Å². The van der Waals surface area contributed by atoms with E-state index in [0.717, 1.165) is 5.02 Å². The van der Waals surface area contributed by atoms with Gasteiger partial charge in [0, 0.05) is 28.7 Å². The highest BCUT2D eigenvalue weighted by Crippen LogP contribution is 2.03. The van der Waals surface area contributed by atoms with E-state index in [1.54, 1.807) is 12.4 Å². The summed E-state index contributed by atoms with van der Waals surface area (Å²) in [4.78, 5) is 3.78. The van der Waals surface area contributed by atoms with Gasteiger partial charge in [-0.25, -0.2) is 0 Å². The van der Waals surface area contributed by atoms with Gasteiger partial charge in [-0.05, 0) is 24.3 Å². The van der Waals surface area contributed by atoms with Crippen molar-refractivity contribution in [3.8, 4) is 0 Å². The molecule has 2 N–H and O–H groups in total. The summed E-state index contributed by atoms with van der Waals surface area (Å²) in [7, 11) is 0. The first kappa shape index (κ1) is 15.7. The van der Waals surface area contributed by atoms with E-state index >= 15 is 0 Å². The molecule has 0 aliphatic carbocycles. The first-order valence-electron chi connectivity index (χ1n) is 4.52. The molecule has 0 aliphatic rings. The molecule has 1 unspecified atom stereocenters. The Labute approximate surface area is 108 Å². The Hall–Kier alpha value is -1.27. The summed E-state index contributed by atoms with van der Waals surface area (Å²) in [6, 6.07) is 15.2. The molecule has 2 aromatic rings. The van der Waals surface area contributed by atoms with Crippen molar-refractivity contribution in [3.63, 3.8) is 0 Å². The summed E-state index contributed by atoms with van der Waals surface area (Å²) in [5, 5.41) is 4.82. The SMILES string of the molecule is Clc1ccccc1.NS(=O)[O-].c1ccncc1. The highest BCUT2D eigenvalue weighted by molar-refractivity contribution is 7.76. The van der Waals surface area contributed by atoms with Crippen molar-refractivity contribution in [1.82, 2.24) is 4.98 Å². The van der Waals surface area contributed by atoms with Crippen LogP contribution in [0.5, 0.6) is 0 Å². The molecule has 4 nitrogen and oxygen atoms in total. The van der Waals surface area contributed by atoms with E-state index in [0.29, 0.717) is 0 Å². The molecule has 92 valence electrons. The average molecular weight is 272 g/mol. The molecule has 0 radical (unpaired) electrons. The summed E-state index contributed by atoms with van der Waals surface area (Å²) < 4.78 is 17.6. The number of aromatic nitrogens is 1. The standard InChI is InChI=1S/C6H5Cl.C5H5N.H3NO2S/c7-6-4-2-1-3-5-6;1-2-4-6-5-3-1;1-4(2)3/h1-5H;1-5H;1H2,(H,2,3)/p-1. The third kappa shape index (κ3) is 14.7. The second kappa shape index (κ2) is 11.2. The molecular weight excluding hydrogens is 260 g/mol. The van der Waals surface area contributed by atoms with Crippen molar-refractivity contribution < 1.29 is 8.76 Å². The summed E-state index contributed by atoms with van der Waals surface area (Å²) >= 11 is 3.18. The van der Waals surface area contributed by atoms with Crippen LogP contribution < -0.4 is 5.14 Å². The van der Waals surface area contributed by atoms with Gasteiger partial charge in [0.1, 0.15) is 0 Å². The van der Waals surface area contributed by atoms with Gasteiger partial charge >= 0.3 is 0 Å². The van der Waals surface area contributed by atoms with Crippen molar-refractivity contribution in [3.05, 3.63) is 65.9 Å². The minimum atomic E-state index is -2.36. The second-order valence-corrected chi connectivity index (χ2v) is 3.54. The maximum absolute atomic E-state index is 8.78. The van der Waals surface area contributed by atoms with Crippen LogP contribution in [-0.4, -0.2) is 13.7 Å². The number of nitrogens with zero attached hydrogens (tertiary/aromatic N) is 1. The van der Waals surface area contributed by atoms with Crippen LogP contribution in [0.4, 0.5) is 0 Å². The Morgan fingerprint density at radius 1 is 1.06 bits per heavy atom. The van der Waals surface area contributed by atoms with Gasteiger partial charge in [0.15, 0.2) is 0 Å². The van der Waals surface area contributed by atoms with Crippen LogP contribution >= 0.6 is 11.6 Å². The zero-order chi connectivity index (χ0) is 12.9. The highest BCUT2D eigenvalue weighted by Gasteiger charge is 1.74. The summed E-state index contributed by atoms with van der Waals surface area (Å²) in [6.07, 6.45) is 3.50. The molecule has 0 saturated carbocycles. The topological polar surface area (TPSA) is 79.0 Å². The number of pyridine rings is 1. The monoisotopic (exact) mass is 271 g/mol. The van der Waals surface area contributed by atoms with E-state index in [1.165, 1.54) is 0 Å². The molecule has 2 rings (SSSR count). The molecule has 0 fully saturated rings. The zero-order valence-corrected chi connectivity index (χ0v) is 10.5. The van der Waals surface area contributed by atoms with E-state index in [1.807, 2.05) is 48.5 Å². The van der Waals surface area contributed by atoms with Gasteiger partial charge in [0.05, 0.1) is 0 Å². The van der Waals surface area contributed by atoms with E-state index in [9.17, 15) is 0 Å². The van der Waals surface area contributed by atoms with Crippen molar-refractivity contribution >= 4 is 22.9 Å². The number of hydrogen-bond acceptors (Lipinski definition) is 3. The average Bonchev–Trinajstić information content (AvgIpc) is 2.32. The van der Waals surface area contributed by atoms with Crippen LogP contribution in [0.15, 0.2) is 60.9 Å². The predicted octanol–water partition coefficient (Wildman–Crippen LogP) is 2.16. The number of rotatable bonds is 0. The van der Waals surface area contributed by atoms with Crippen LogP contribution in [0.3, 0.4) is 0 Å². The van der Waals surface area contributed by atoms with Crippen molar-refractivity contribution in [2.45, 2.75) is 0 Å². The zero-order valence-electron chi connectivity index (χ0n) is 8.90. The molecule has 0 amide bonds. The Morgan fingerprint density at radius 3 is 1.65 bits per heavy atom. The first-order chi connectivity index (χ1) is 8.13. The van der Waals surface area contributed by atoms with E-state index in [2.05, 4.69) is 10.1 Å². The molecule has 6 heteroatoms. The molecular formula is C11H12ClN2O2S-. The number of hydrogen-bond donors (Lipinski definition) is 1. The van der Waals surface area contributed by atoms with Gasteiger partial charge in [-0.1, -0.05) is 35.9 Å². The Bertz CT molecular complexity index is 370. The fourth-order valence-electron chi connectivity index (χ4n) is 0.727. The molecule has 17 heavy (non-hydrogen) atoms. The molecule has 1 aromatic heterocycles. The molecule has 0 aliphatic heterocycles. The minimum Gasteiger partial charge on any atom is -0.760 e. The van der Waals surface area contributed by atoms with Gasteiger partial charge < -0.3 is 4.55 Å². The lowest BCUT2D eigenvalue weighted by Crippen LogP contribution is -1.97. The lowest BCUT2D eigenvalue weighted by Gasteiger charge is -1.85. The fraction of sp³-hybridized carbons (Fsp3) is 0. The third-order valence-corrected chi connectivity index (χ3v) is 1.55. The van der Waals surface area contributed by atoms with Crippen molar-refractivity contribution in [2.24, 2.45) is 5.14 Å². The van der Waals surface area contributed by atoms with E-state index < -0.39 is 11.3 Å². The van der Waals surface area contributed by atoms with E-state index in [4.69, 9.17) is 20.4 Å². The Balaban J connectivity index is 0.000000236. The van der Waals surface area contributed by atoms with Gasteiger partial charge in [0.2, 0.25) is 0 Å². The highest BCUT2D eigenvalue weighted by atomic mass is 35.5. The largest absolute Gasteiger partial charge is 0.760 e. The maximum Gasteiger partial charge on any atom is 0.0405 e. The number of halogens is 1. The van der Waals surface area contributed by atoms with Gasteiger partial charge in [-0.2, -0.15) is 0 Å². The lowest BCUT2D eigenvalue weighted by molar-refractivity contribution is 0.539. The molecule has 1 aromatic carbocycles. The normalized spacial score (nSPS) is 10.1. The van der Waals surface area contributed by atoms with Crippen LogP contribution in [0.25, 0.3) is 0 Å². The molecule has 0 bridgehead atoms. The molecule has 1 atom stereocenters. The van der Waals surface area contributed by atoms with Crippen molar-refractivity contribution in [2.75, 3.05) is 0 Å². The predicted molar refractivity (Wildman–Crippen MR) is 68.8 cm³/mol. The summed E-state index contributed by atoms with van der Waals surface area (Å²) in [6.45, 7) is 0. The first-order valence-corrected chi connectivity index (χ1v) is 6.03. The van der Waals surface area contributed by atoms with E-state index in [-0.39, 0.29) is 0 Å². The van der Waals surface area contributed by atoms with Crippen LogP contribution in [-0.2, 0) is 11.3 Å². The third-order valence-electron chi connectivity index (χ3n) is 1.30. The minimum absolute atomic E-state index is 0.794. The molecule has 1 heterocycles. The number of nitrogens with two attached hydrogens (primary N) is 1. The number of benzene rings is 1.